The van der Waals surface area contributed by atoms with E-state index < -0.39 is 23.8 Å². The van der Waals surface area contributed by atoms with Crippen molar-refractivity contribution in [1.82, 2.24) is 0 Å². The first kappa shape index (κ1) is 17.0. The van der Waals surface area contributed by atoms with Gasteiger partial charge in [-0.1, -0.05) is 35.9 Å². The number of anilines is 1. The topological polar surface area (TPSA) is 55.4 Å². The molecule has 6 heteroatoms. The number of nitrogens with one attached hydrogen (secondary N) is 1. The molecular weight excluding hydrogens is 321 g/mol. The smallest absolute Gasteiger partial charge is 0.311 e. The minimum atomic E-state index is -0.993. The minimum absolute atomic E-state index is 0.110. The summed E-state index contributed by atoms with van der Waals surface area (Å²) in [6.07, 6.45) is -1.10. The molecule has 2 aromatic rings. The summed E-state index contributed by atoms with van der Waals surface area (Å²) >= 11 is 5.94. The molecule has 0 saturated heterocycles. The van der Waals surface area contributed by atoms with Gasteiger partial charge in [-0.05, 0) is 36.8 Å². The lowest BCUT2D eigenvalue weighted by molar-refractivity contribution is -0.152. The summed E-state index contributed by atoms with van der Waals surface area (Å²) in [4.78, 5) is 23.8. The predicted octanol–water partition coefficient (Wildman–Crippen LogP) is 3.59. The van der Waals surface area contributed by atoms with E-state index >= 15 is 0 Å². The van der Waals surface area contributed by atoms with E-state index in [4.69, 9.17) is 16.3 Å². The van der Waals surface area contributed by atoms with Gasteiger partial charge in [0, 0.05) is 0 Å². The van der Waals surface area contributed by atoms with Crippen LogP contribution in [0.4, 0.5) is 10.1 Å². The number of halogens is 2. The molecule has 2 aromatic carbocycles. The van der Waals surface area contributed by atoms with Crippen molar-refractivity contribution in [3.63, 3.8) is 0 Å². The van der Waals surface area contributed by atoms with Crippen molar-refractivity contribution < 1.29 is 18.7 Å². The molecule has 0 fully saturated rings. The number of benzene rings is 2. The highest BCUT2D eigenvalue weighted by molar-refractivity contribution is 6.33. The first-order chi connectivity index (χ1) is 11.0. The predicted molar refractivity (Wildman–Crippen MR) is 85.7 cm³/mol. The van der Waals surface area contributed by atoms with E-state index in [0.29, 0.717) is 16.3 Å². The fourth-order valence-electron chi connectivity index (χ4n) is 1.90. The standard InChI is InChI=1S/C17H15ClFNO3/c1-11(17(22)20-15-8-3-2-7-14(15)18)23-16(21)10-12-5-4-6-13(19)9-12/h2-9,11H,10H2,1H3,(H,20,22)/t11-/m0/s1. The molecule has 0 bridgehead atoms. The monoisotopic (exact) mass is 335 g/mol. The second kappa shape index (κ2) is 7.74. The van der Waals surface area contributed by atoms with Crippen molar-refractivity contribution in [2.24, 2.45) is 0 Å². The molecule has 1 amide bonds. The summed E-state index contributed by atoms with van der Waals surface area (Å²) in [6, 6.07) is 12.4. The van der Waals surface area contributed by atoms with Crippen molar-refractivity contribution >= 4 is 29.2 Å². The zero-order chi connectivity index (χ0) is 16.8. The summed E-state index contributed by atoms with van der Waals surface area (Å²) < 4.78 is 18.1. The zero-order valence-electron chi connectivity index (χ0n) is 12.4. The van der Waals surface area contributed by atoms with Crippen LogP contribution in [0, 0.1) is 5.82 Å². The maximum Gasteiger partial charge on any atom is 0.311 e. The fraction of sp³-hybridized carbons (Fsp3) is 0.176. The number of para-hydroxylation sites is 1. The largest absolute Gasteiger partial charge is 0.452 e. The van der Waals surface area contributed by atoms with Gasteiger partial charge < -0.3 is 10.1 Å². The zero-order valence-corrected chi connectivity index (χ0v) is 13.1. The van der Waals surface area contributed by atoms with E-state index in [2.05, 4.69) is 5.32 Å². The molecule has 0 unspecified atom stereocenters. The molecule has 0 radical (unpaired) electrons. The second-order valence-corrected chi connectivity index (χ2v) is 5.32. The van der Waals surface area contributed by atoms with E-state index in [1.165, 1.54) is 25.1 Å². The number of carbonyl (C=O) groups excluding carboxylic acids is 2. The molecule has 0 saturated carbocycles. The number of amides is 1. The van der Waals surface area contributed by atoms with Gasteiger partial charge in [-0.2, -0.15) is 0 Å². The van der Waals surface area contributed by atoms with E-state index in [1.54, 1.807) is 30.3 Å². The van der Waals surface area contributed by atoms with Crippen molar-refractivity contribution in [2.45, 2.75) is 19.4 Å². The van der Waals surface area contributed by atoms with Crippen LogP contribution in [-0.4, -0.2) is 18.0 Å². The van der Waals surface area contributed by atoms with Gasteiger partial charge in [0.15, 0.2) is 6.10 Å². The Hall–Kier alpha value is -2.40. The van der Waals surface area contributed by atoms with Crippen LogP contribution in [0.15, 0.2) is 48.5 Å². The summed E-state index contributed by atoms with van der Waals surface area (Å²) in [5.74, 6) is -1.54. The van der Waals surface area contributed by atoms with Gasteiger partial charge >= 0.3 is 5.97 Å². The van der Waals surface area contributed by atoms with Gasteiger partial charge in [0.05, 0.1) is 17.1 Å². The molecule has 0 heterocycles. The van der Waals surface area contributed by atoms with Crippen LogP contribution < -0.4 is 5.32 Å². The number of ether oxygens (including phenoxy) is 1. The average Bonchev–Trinajstić information content (AvgIpc) is 2.49. The van der Waals surface area contributed by atoms with E-state index in [0.717, 1.165) is 0 Å². The number of hydrogen-bond donors (Lipinski definition) is 1. The van der Waals surface area contributed by atoms with Gasteiger partial charge in [-0.3, -0.25) is 9.59 Å². The molecule has 2 rings (SSSR count). The van der Waals surface area contributed by atoms with Gasteiger partial charge in [0.1, 0.15) is 5.82 Å². The van der Waals surface area contributed by atoms with Gasteiger partial charge in [-0.25, -0.2) is 4.39 Å². The highest BCUT2D eigenvalue weighted by atomic mass is 35.5. The number of hydrogen-bond acceptors (Lipinski definition) is 3. The maximum atomic E-state index is 13.1. The van der Waals surface area contributed by atoms with E-state index in [-0.39, 0.29) is 6.42 Å². The number of carbonyl (C=O) groups is 2. The molecule has 1 atom stereocenters. The summed E-state index contributed by atoms with van der Waals surface area (Å²) in [5.41, 5.74) is 0.918. The van der Waals surface area contributed by atoms with Crippen molar-refractivity contribution in [2.75, 3.05) is 5.32 Å². The molecule has 0 aliphatic rings. The third-order valence-electron chi connectivity index (χ3n) is 3.05. The Morgan fingerprint density at radius 3 is 2.65 bits per heavy atom. The van der Waals surface area contributed by atoms with Crippen molar-refractivity contribution in [3.05, 3.63) is 64.9 Å². The fourth-order valence-corrected chi connectivity index (χ4v) is 2.09. The Bertz CT molecular complexity index is 720. The van der Waals surface area contributed by atoms with Gasteiger partial charge in [-0.15, -0.1) is 0 Å². The van der Waals surface area contributed by atoms with E-state index in [9.17, 15) is 14.0 Å². The summed E-state index contributed by atoms with van der Waals surface area (Å²) in [7, 11) is 0. The first-order valence-corrected chi connectivity index (χ1v) is 7.33. The molecular formula is C17H15ClFNO3. The SMILES string of the molecule is C[C@H](OC(=O)Cc1cccc(F)c1)C(=O)Nc1ccccc1Cl. The van der Waals surface area contributed by atoms with E-state index in [1.807, 2.05) is 0 Å². The minimum Gasteiger partial charge on any atom is -0.452 e. The molecule has 1 N–H and O–H groups in total. The van der Waals surface area contributed by atoms with Crippen LogP contribution in [0.1, 0.15) is 12.5 Å². The number of esters is 1. The molecule has 120 valence electrons. The van der Waals surface area contributed by atoms with Crippen LogP contribution in [0.2, 0.25) is 5.02 Å². The average molecular weight is 336 g/mol. The molecule has 23 heavy (non-hydrogen) atoms. The lowest BCUT2D eigenvalue weighted by Gasteiger charge is -2.14. The van der Waals surface area contributed by atoms with Crippen LogP contribution in [0.3, 0.4) is 0 Å². The first-order valence-electron chi connectivity index (χ1n) is 6.95. The highest BCUT2D eigenvalue weighted by Gasteiger charge is 2.19. The van der Waals surface area contributed by atoms with Crippen LogP contribution in [0.25, 0.3) is 0 Å². The Labute approximate surface area is 138 Å². The molecule has 0 aliphatic carbocycles. The molecule has 4 nitrogen and oxygen atoms in total. The summed E-state index contributed by atoms with van der Waals surface area (Å²) in [6.45, 7) is 1.45. The normalized spacial score (nSPS) is 11.6. The highest BCUT2D eigenvalue weighted by Crippen LogP contribution is 2.20. The molecule has 0 aliphatic heterocycles. The molecule has 0 aromatic heterocycles. The Kier molecular flexibility index (Phi) is 5.71. The lowest BCUT2D eigenvalue weighted by Crippen LogP contribution is -2.30. The van der Waals surface area contributed by atoms with Crippen molar-refractivity contribution in [1.29, 1.82) is 0 Å². The molecule has 0 spiro atoms. The Morgan fingerprint density at radius 1 is 1.22 bits per heavy atom. The maximum absolute atomic E-state index is 13.1. The van der Waals surface area contributed by atoms with Gasteiger partial charge in [0.25, 0.3) is 5.91 Å². The quantitative estimate of drug-likeness (QED) is 0.849. The third kappa shape index (κ3) is 5.07. The van der Waals surface area contributed by atoms with Crippen LogP contribution >= 0.6 is 11.6 Å². The third-order valence-corrected chi connectivity index (χ3v) is 3.38. The Balaban J connectivity index is 1.90. The van der Waals surface area contributed by atoms with Gasteiger partial charge in [0.2, 0.25) is 0 Å². The summed E-state index contributed by atoms with van der Waals surface area (Å²) in [5, 5.41) is 2.97. The van der Waals surface area contributed by atoms with Crippen LogP contribution in [0.5, 0.6) is 0 Å². The number of rotatable bonds is 5. The lowest BCUT2D eigenvalue weighted by atomic mass is 10.1. The van der Waals surface area contributed by atoms with Crippen LogP contribution in [-0.2, 0) is 20.7 Å². The van der Waals surface area contributed by atoms with Crippen molar-refractivity contribution in [3.8, 4) is 0 Å². The second-order valence-electron chi connectivity index (χ2n) is 4.91. The Morgan fingerprint density at radius 2 is 1.96 bits per heavy atom.